The summed E-state index contributed by atoms with van der Waals surface area (Å²) >= 11 is 0. The van der Waals surface area contributed by atoms with Crippen molar-refractivity contribution in [1.29, 1.82) is 0 Å². The lowest BCUT2D eigenvalue weighted by Gasteiger charge is -2.33. The maximum Gasteiger partial charge on any atom is 0.270 e. The Bertz CT molecular complexity index is 804. The van der Waals surface area contributed by atoms with Crippen LogP contribution in [-0.2, 0) is 6.42 Å². The molecule has 0 fully saturated rings. The van der Waals surface area contributed by atoms with Gasteiger partial charge in [-0.25, -0.2) is 0 Å². The van der Waals surface area contributed by atoms with Gasteiger partial charge in [-0.2, -0.15) is 0 Å². The summed E-state index contributed by atoms with van der Waals surface area (Å²) < 4.78 is 0. The van der Waals surface area contributed by atoms with Crippen molar-refractivity contribution in [2.24, 2.45) is 0 Å². The molecule has 126 valence electrons. The van der Waals surface area contributed by atoms with Crippen molar-refractivity contribution in [2.45, 2.75) is 46.1 Å². The Hall–Kier alpha value is -2.36. The van der Waals surface area contributed by atoms with Crippen molar-refractivity contribution >= 4 is 11.7 Å². The van der Waals surface area contributed by atoms with Crippen LogP contribution in [0.3, 0.4) is 0 Å². The number of rotatable bonds is 3. The third-order valence-electron chi connectivity index (χ3n) is 5.13. The zero-order chi connectivity index (χ0) is 17.4. The molecule has 1 atom stereocenters. The van der Waals surface area contributed by atoms with Crippen LogP contribution in [-0.4, -0.2) is 28.6 Å². The van der Waals surface area contributed by atoms with Crippen molar-refractivity contribution in [1.82, 2.24) is 9.88 Å². The minimum absolute atomic E-state index is 0.00837. The van der Waals surface area contributed by atoms with Gasteiger partial charge in [0.25, 0.3) is 5.91 Å². The van der Waals surface area contributed by atoms with Crippen LogP contribution in [0.15, 0.2) is 24.3 Å². The van der Waals surface area contributed by atoms with Crippen molar-refractivity contribution in [3.05, 3.63) is 57.9 Å². The van der Waals surface area contributed by atoms with Gasteiger partial charge in [0.15, 0.2) is 5.78 Å². The molecule has 24 heavy (non-hydrogen) atoms. The third-order valence-corrected chi connectivity index (χ3v) is 5.13. The van der Waals surface area contributed by atoms with Gasteiger partial charge in [-0.05, 0) is 56.7 Å². The Kier molecular flexibility index (Phi) is 4.31. The molecular formula is C20H24N2O2. The standard InChI is InChI=1S/C20H24N2O2/c1-12-18(14(3)23)13(2)21-19(12)20(24)22(4)17-11-7-9-15-8-5-6-10-16(15)17/h5-6,8,10,17,21H,7,9,11H2,1-4H3. The molecule has 1 amide bonds. The first-order chi connectivity index (χ1) is 11.4. The molecular weight excluding hydrogens is 300 g/mol. The SMILES string of the molecule is CC(=O)c1c(C)[nH]c(C(=O)N(C)C2CCCc3ccccc32)c1C. The Morgan fingerprint density at radius 3 is 2.58 bits per heavy atom. The summed E-state index contributed by atoms with van der Waals surface area (Å²) in [5.41, 5.74) is 5.25. The summed E-state index contributed by atoms with van der Waals surface area (Å²) in [6, 6.07) is 8.45. The average molecular weight is 324 g/mol. The third kappa shape index (κ3) is 2.66. The molecule has 0 radical (unpaired) electrons. The Morgan fingerprint density at radius 2 is 1.92 bits per heavy atom. The molecule has 0 saturated carbocycles. The Labute approximate surface area is 142 Å². The number of nitrogens with one attached hydrogen (secondary N) is 1. The fourth-order valence-electron chi connectivity index (χ4n) is 3.94. The number of amides is 1. The number of aryl methyl sites for hydroxylation is 2. The van der Waals surface area contributed by atoms with Crippen LogP contribution in [0.2, 0.25) is 0 Å². The predicted molar refractivity (Wildman–Crippen MR) is 94.5 cm³/mol. The topological polar surface area (TPSA) is 53.2 Å². The summed E-state index contributed by atoms with van der Waals surface area (Å²) in [5, 5.41) is 0. The number of H-pyrrole nitrogens is 1. The normalized spacial score (nSPS) is 16.6. The highest BCUT2D eigenvalue weighted by Gasteiger charge is 2.29. The first-order valence-corrected chi connectivity index (χ1v) is 8.47. The van der Waals surface area contributed by atoms with Crippen LogP contribution in [0.25, 0.3) is 0 Å². The first kappa shape index (κ1) is 16.5. The predicted octanol–water partition coefficient (Wildman–Crippen LogP) is 3.98. The molecule has 1 aliphatic rings. The smallest absolute Gasteiger partial charge is 0.270 e. The largest absolute Gasteiger partial charge is 0.354 e. The van der Waals surface area contributed by atoms with Crippen molar-refractivity contribution < 1.29 is 9.59 Å². The summed E-state index contributed by atoms with van der Waals surface area (Å²) in [5.74, 6) is -0.0595. The Balaban J connectivity index is 1.95. The fourth-order valence-corrected chi connectivity index (χ4v) is 3.94. The number of hydrogen-bond donors (Lipinski definition) is 1. The molecule has 4 nitrogen and oxygen atoms in total. The highest BCUT2D eigenvalue weighted by Crippen LogP contribution is 2.34. The molecule has 0 spiro atoms. The number of fused-ring (bicyclic) bond motifs is 1. The lowest BCUT2D eigenvalue weighted by atomic mass is 9.87. The van der Waals surface area contributed by atoms with E-state index in [2.05, 4.69) is 23.2 Å². The van der Waals surface area contributed by atoms with E-state index in [4.69, 9.17) is 0 Å². The van der Waals surface area contributed by atoms with Gasteiger partial charge < -0.3 is 9.88 Å². The second kappa shape index (κ2) is 6.27. The maximum absolute atomic E-state index is 13.0. The average Bonchev–Trinajstić information content (AvgIpc) is 2.87. The van der Waals surface area contributed by atoms with Crippen LogP contribution < -0.4 is 0 Å². The molecule has 4 heteroatoms. The number of benzene rings is 1. The molecule has 2 aromatic rings. The van der Waals surface area contributed by atoms with E-state index < -0.39 is 0 Å². The molecule has 1 aromatic carbocycles. The summed E-state index contributed by atoms with van der Waals surface area (Å²) in [7, 11) is 1.86. The fraction of sp³-hybridized carbons (Fsp3) is 0.400. The van der Waals surface area contributed by atoms with Crippen LogP contribution >= 0.6 is 0 Å². The van der Waals surface area contributed by atoms with Crippen molar-refractivity contribution in [2.75, 3.05) is 7.05 Å². The number of ketones is 1. The zero-order valence-electron chi connectivity index (χ0n) is 14.8. The summed E-state index contributed by atoms with van der Waals surface area (Å²) in [4.78, 5) is 29.8. The molecule has 1 heterocycles. The molecule has 3 rings (SSSR count). The summed E-state index contributed by atoms with van der Waals surface area (Å²) in [6.07, 6.45) is 3.13. The molecule has 1 unspecified atom stereocenters. The van der Waals surface area contributed by atoms with Gasteiger partial charge in [-0.3, -0.25) is 9.59 Å². The minimum Gasteiger partial charge on any atom is -0.354 e. The molecule has 0 bridgehead atoms. The van der Waals surface area contributed by atoms with Gasteiger partial charge in [0.2, 0.25) is 0 Å². The number of Topliss-reactive ketones (excluding diaryl/α,β-unsaturated/α-hetero) is 1. The lowest BCUT2D eigenvalue weighted by molar-refractivity contribution is 0.0709. The van der Waals surface area contributed by atoms with E-state index in [1.807, 2.05) is 31.9 Å². The van der Waals surface area contributed by atoms with Crippen LogP contribution in [0.4, 0.5) is 0 Å². The maximum atomic E-state index is 13.0. The lowest BCUT2D eigenvalue weighted by Crippen LogP contribution is -2.34. The van der Waals surface area contributed by atoms with Gasteiger partial charge >= 0.3 is 0 Å². The Morgan fingerprint density at radius 1 is 1.21 bits per heavy atom. The number of nitrogens with zero attached hydrogens (tertiary/aromatic N) is 1. The molecule has 0 aliphatic heterocycles. The van der Waals surface area contributed by atoms with E-state index in [0.29, 0.717) is 11.3 Å². The van der Waals surface area contributed by atoms with Crippen molar-refractivity contribution in [3.63, 3.8) is 0 Å². The minimum atomic E-state index is -0.0511. The molecule has 0 saturated heterocycles. The van der Waals surface area contributed by atoms with E-state index in [1.165, 1.54) is 11.1 Å². The van der Waals surface area contributed by atoms with Gasteiger partial charge in [0, 0.05) is 18.3 Å². The molecule has 1 aliphatic carbocycles. The highest BCUT2D eigenvalue weighted by atomic mass is 16.2. The summed E-state index contributed by atoms with van der Waals surface area (Å²) in [6.45, 7) is 5.23. The number of aromatic amines is 1. The van der Waals surface area contributed by atoms with Gasteiger partial charge in [-0.15, -0.1) is 0 Å². The monoisotopic (exact) mass is 324 g/mol. The number of aromatic nitrogens is 1. The van der Waals surface area contributed by atoms with E-state index in [0.717, 1.165) is 30.5 Å². The van der Waals surface area contributed by atoms with Crippen molar-refractivity contribution in [3.8, 4) is 0 Å². The van der Waals surface area contributed by atoms with Crippen LogP contribution in [0.5, 0.6) is 0 Å². The van der Waals surface area contributed by atoms with E-state index in [1.54, 1.807) is 6.92 Å². The van der Waals surface area contributed by atoms with Gasteiger partial charge in [-0.1, -0.05) is 24.3 Å². The first-order valence-electron chi connectivity index (χ1n) is 8.47. The molecule has 1 N–H and O–H groups in total. The quantitative estimate of drug-likeness (QED) is 0.868. The second-order valence-corrected chi connectivity index (χ2v) is 6.70. The van der Waals surface area contributed by atoms with E-state index in [9.17, 15) is 9.59 Å². The van der Waals surface area contributed by atoms with E-state index >= 15 is 0 Å². The van der Waals surface area contributed by atoms with Crippen LogP contribution in [0, 0.1) is 13.8 Å². The van der Waals surface area contributed by atoms with Gasteiger partial charge in [0.1, 0.15) is 5.69 Å². The zero-order valence-corrected chi connectivity index (χ0v) is 14.8. The van der Waals surface area contributed by atoms with Gasteiger partial charge in [0.05, 0.1) is 6.04 Å². The highest BCUT2D eigenvalue weighted by molar-refractivity contribution is 6.02. The number of carbonyl (C=O) groups excluding carboxylic acids is 2. The van der Waals surface area contributed by atoms with Crippen LogP contribution in [0.1, 0.15) is 69.0 Å². The second-order valence-electron chi connectivity index (χ2n) is 6.70. The molecule has 1 aromatic heterocycles. The van der Waals surface area contributed by atoms with E-state index in [-0.39, 0.29) is 17.7 Å². The number of carbonyl (C=O) groups is 2. The number of hydrogen-bond acceptors (Lipinski definition) is 2.